The Kier molecular flexibility index (Phi) is 4.23. The average Bonchev–Trinajstić information content (AvgIpc) is 2.82. The molecule has 1 aliphatic carbocycles. The molecule has 0 spiro atoms. The Hall–Kier alpha value is -1.09. The van der Waals surface area contributed by atoms with E-state index in [2.05, 4.69) is 30.2 Å². The first kappa shape index (κ1) is 13.3. The van der Waals surface area contributed by atoms with Gasteiger partial charge in [0.1, 0.15) is 5.82 Å². The lowest BCUT2D eigenvalue weighted by Crippen LogP contribution is -2.26. The maximum atomic E-state index is 6.08. The van der Waals surface area contributed by atoms with Crippen LogP contribution in [-0.2, 0) is 0 Å². The molecule has 0 amide bonds. The Labute approximate surface area is 110 Å². The van der Waals surface area contributed by atoms with Crippen molar-refractivity contribution in [2.24, 2.45) is 11.8 Å². The predicted octanol–water partition coefficient (Wildman–Crippen LogP) is 3.06. The summed E-state index contributed by atoms with van der Waals surface area (Å²) in [6.45, 7) is 4.43. The molecule has 1 aliphatic rings. The van der Waals surface area contributed by atoms with Crippen molar-refractivity contribution in [3.8, 4) is 0 Å². The monoisotopic (exact) mass is 247 g/mol. The van der Waals surface area contributed by atoms with Gasteiger partial charge in [0.25, 0.3) is 0 Å². The summed E-state index contributed by atoms with van der Waals surface area (Å²) in [5.41, 5.74) is 8.54. The molecule has 0 radical (unpaired) electrons. The number of aryl methyl sites for hydroxylation is 1. The summed E-state index contributed by atoms with van der Waals surface area (Å²) in [7, 11) is 2.04. The van der Waals surface area contributed by atoms with Crippen molar-refractivity contribution in [1.82, 2.24) is 10.3 Å². The first-order valence-corrected chi connectivity index (χ1v) is 7.05. The maximum absolute atomic E-state index is 6.08. The van der Waals surface area contributed by atoms with Crippen molar-refractivity contribution in [3.05, 3.63) is 23.4 Å². The molecule has 100 valence electrons. The molecule has 3 atom stereocenters. The first-order valence-electron chi connectivity index (χ1n) is 7.05. The zero-order valence-corrected chi connectivity index (χ0v) is 11.7. The third-order valence-corrected chi connectivity index (χ3v) is 4.49. The summed E-state index contributed by atoms with van der Waals surface area (Å²) in [4.78, 5) is 4.26. The van der Waals surface area contributed by atoms with Gasteiger partial charge in [0.2, 0.25) is 0 Å². The highest BCUT2D eigenvalue weighted by atomic mass is 14.9. The largest absolute Gasteiger partial charge is 0.383 e. The first-order chi connectivity index (χ1) is 8.67. The van der Waals surface area contributed by atoms with Gasteiger partial charge in [-0.2, -0.15) is 0 Å². The van der Waals surface area contributed by atoms with Crippen LogP contribution in [-0.4, -0.2) is 12.0 Å². The van der Waals surface area contributed by atoms with Crippen LogP contribution in [0.25, 0.3) is 0 Å². The number of aromatic nitrogens is 1. The van der Waals surface area contributed by atoms with Gasteiger partial charge in [-0.1, -0.05) is 19.8 Å². The topological polar surface area (TPSA) is 50.9 Å². The Balaban J connectivity index is 2.23. The van der Waals surface area contributed by atoms with Crippen molar-refractivity contribution in [2.45, 2.75) is 45.6 Å². The smallest absolute Gasteiger partial charge is 0.128 e. The van der Waals surface area contributed by atoms with E-state index in [1.54, 1.807) is 6.20 Å². The summed E-state index contributed by atoms with van der Waals surface area (Å²) < 4.78 is 0. The molecule has 1 saturated carbocycles. The van der Waals surface area contributed by atoms with E-state index in [-0.39, 0.29) is 0 Å². The number of nitrogens with one attached hydrogen (secondary N) is 1. The van der Waals surface area contributed by atoms with Crippen molar-refractivity contribution in [3.63, 3.8) is 0 Å². The van der Waals surface area contributed by atoms with Gasteiger partial charge in [0.05, 0.1) is 0 Å². The lowest BCUT2D eigenvalue weighted by molar-refractivity contribution is 0.372. The molecule has 0 aromatic carbocycles. The third kappa shape index (κ3) is 2.51. The van der Waals surface area contributed by atoms with Crippen molar-refractivity contribution < 1.29 is 0 Å². The molecule has 3 N–H and O–H groups in total. The van der Waals surface area contributed by atoms with Gasteiger partial charge < -0.3 is 11.1 Å². The fourth-order valence-corrected chi connectivity index (χ4v) is 3.40. The van der Waals surface area contributed by atoms with Gasteiger partial charge in [0, 0.05) is 17.8 Å². The number of hydrogen-bond donors (Lipinski definition) is 2. The zero-order valence-electron chi connectivity index (χ0n) is 11.7. The molecule has 3 heteroatoms. The lowest BCUT2D eigenvalue weighted by atomic mass is 9.88. The number of pyridine rings is 1. The maximum Gasteiger partial charge on any atom is 0.128 e. The quantitative estimate of drug-likeness (QED) is 0.859. The molecule has 2 rings (SSSR count). The Morgan fingerprint density at radius 1 is 1.50 bits per heavy atom. The van der Waals surface area contributed by atoms with E-state index in [1.807, 2.05) is 7.05 Å². The van der Waals surface area contributed by atoms with Crippen LogP contribution in [0.4, 0.5) is 5.82 Å². The number of anilines is 1. The van der Waals surface area contributed by atoms with Crippen LogP contribution in [0.2, 0.25) is 0 Å². The molecule has 1 aromatic rings. The van der Waals surface area contributed by atoms with Crippen LogP contribution in [0.15, 0.2) is 12.3 Å². The van der Waals surface area contributed by atoms with Crippen molar-refractivity contribution in [1.29, 1.82) is 0 Å². The van der Waals surface area contributed by atoms with E-state index in [1.165, 1.54) is 36.8 Å². The summed E-state index contributed by atoms with van der Waals surface area (Å²) in [6.07, 6.45) is 7.07. The molecular weight excluding hydrogens is 222 g/mol. The van der Waals surface area contributed by atoms with Crippen molar-refractivity contribution in [2.75, 3.05) is 12.8 Å². The molecule has 1 aromatic heterocycles. The van der Waals surface area contributed by atoms with Gasteiger partial charge in [0.15, 0.2) is 0 Å². The minimum Gasteiger partial charge on any atom is -0.383 e. The van der Waals surface area contributed by atoms with Crippen LogP contribution < -0.4 is 11.1 Å². The molecule has 1 heterocycles. The average molecular weight is 247 g/mol. The zero-order chi connectivity index (χ0) is 13.1. The third-order valence-electron chi connectivity index (χ3n) is 4.49. The van der Waals surface area contributed by atoms with Crippen LogP contribution >= 0.6 is 0 Å². The highest BCUT2D eigenvalue weighted by molar-refractivity contribution is 5.46. The number of nitrogen functional groups attached to an aromatic ring is 1. The van der Waals surface area contributed by atoms with Gasteiger partial charge in [-0.25, -0.2) is 4.98 Å². The van der Waals surface area contributed by atoms with E-state index < -0.39 is 0 Å². The van der Waals surface area contributed by atoms with E-state index in [0.29, 0.717) is 17.8 Å². The molecular formula is C15H25N3. The SMILES string of the molecule is CCC1CCC(C(NC)c2c(C)ccnc2N)C1. The summed E-state index contributed by atoms with van der Waals surface area (Å²) in [6, 6.07) is 2.41. The number of nitrogens with zero attached hydrogens (tertiary/aromatic N) is 1. The second kappa shape index (κ2) is 5.70. The fourth-order valence-electron chi connectivity index (χ4n) is 3.40. The predicted molar refractivity (Wildman–Crippen MR) is 76.3 cm³/mol. The minimum atomic E-state index is 0.357. The molecule has 1 fully saturated rings. The summed E-state index contributed by atoms with van der Waals surface area (Å²) >= 11 is 0. The Morgan fingerprint density at radius 2 is 2.28 bits per heavy atom. The van der Waals surface area contributed by atoms with Gasteiger partial charge in [-0.15, -0.1) is 0 Å². The molecule has 3 unspecified atom stereocenters. The van der Waals surface area contributed by atoms with Crippen molar-refractivity contribution >= 4 is 5.82 Å². The molecule has 18 heavy (non-hydrogen) atoms. The Bertz CT molecular complexity index is 382. The summed E-state index contributed by atoms with van der Waals surface area (Å²) in [5, 5.41) is 3.47. The van der Waals surface area contributed by atoms with Gasteiger partial charge >= 0.3 is 0 Å². The molecule has 0 aliphatic heterocycles. The number of hydrogen-bond acceptors (Lipinski definition) is 3. The van der Waals surface area contributed by atoms with Crippen LogP contribution in [0.5, 0.6) is 0 Å². The van der Waals surface area contributed by atoms with Crippen LogP contribution in [0.3, 0.4) is 0 Å². The second-order valence-electron chi connectivity index (χ2n) is 5.54. The normalized spacial score (nSPS) is 25.3. The molecule has 0 saturated heterocycles. The van der Waals surface area contributed by atoms with Gasteiger partial charge in [-0.3, -0.25) is 0 Å². The van der Waals surface area contributed by atoms with Crippen LogP contribution in [0, 0.1) is 18.8 Å². The number of nitrogens with two attached hydrogens (primary N) is 1. The Morgan fingerprint density at radius 3 is 2.83 bits per heavy atom. The fraction of sp³-hybridized carbons (Fsp3) is 0.667. The van der Waals surface area contributed by atoms with E-state index >= 15 is 0 Å². The summed E-state index contributed by atoms with van der Waals surface area (Å²) in [5.74, 6) is 2.28. The van der Waals surface area contributed by atoms with E-state index in [9.17, 15) is 0 Å². The van der Waals surface area contributed by atoms with Crippen LogP contribution in [0.1, 0.15) is 49.8 Å². The van der Waals surface area contributed by atoms with E-state index in [4.69, 9.17) is 5.73 Å². The standard InChI is InChI=1S/C15H25N3/c1-4-11-5-6-12(9-11)14(17-3)13-10(2)7-8-18-15(13)16/h7-8,11-12,14,17H,4-6,9H2,1-3H3,(H2,16,18). The van der Waals surface area contributed by atoms with E-state index in [0.717, 1.165) is 5.92 Å². The highest BCUT2D eigenvalue weighted by Gasteiger charge is 2.31. The lowest BCUT2D eigenvalue weighted by Gasteiger charge is -2.26. The molecule has 0 bridgehead atoms. The highest BCUT2D eigenvalue weighted by Crippen LogP contribution is 2.41. The minimum absolute atomic E-state index is 0.357. The van der Waals surface area contributed by atoms with Gasteiger partial charge in [-0.05, 0) is 50.3 Å². The number of rotatable bonds is 4. The second-order valence-corrected chi connectivity index (χ2v) is 5.54. The molecule has 3 nitrogen and oxygen atoms in total.